The van der Waals surface area contributed by atoms with Crippen LogP contribution >= 0.6 is 11.6 Å². The maximum atomic E-state index is 11.7. The van der Waals surface area contributed by atoms with Crippen LogP contribution in [0.1, 0.15) is 22.3 Å². The number of nitrogens with one attached hydrogen (secondary N) is 2. The minimum atomic E-state index is -0.0679. The zero-order valence-corrected chi connectivity index (χ0v) is 10.4. The van der Waals surface area contributed by atoms with Gasteiger partial charge >= 0.3 is 0 Å². The van der Waals surface area contributed by atoms with Gasteiger partial charge in [-0.25, -0.2) is 0 Å². The van der Waals surface area contributed by atoms with Gasteiger partial charge in [0, 0.05) is 17.1 Å². The number of carbonyl (C=O) groups excluding carboxylic acids is 1. The van der Waals surface area contributed by atoms with Crippen molar-refractivity contribution in [1.82, 2.24) is 10.6 Å². The molecular formula is C12H17ClN2O. The van der Waals surface area contributed by atoms with Gasteiger partial charge in [0.1, 0.15) is 0 Å². The summed E-state index contributed by atoms with van der Waals surface area (Å²) >= 11 is 5.89. The molecule has 16 heavy (non-hydrogen) atoms. The molecule has 1 aromatic rings. The van der Waals surface area contributed by atoms with Crippen LogP contribution in [0.15, 0.2) is 18.2 Å². The SMILES string of the molecule is CNCCCNC(=O)c1cc(C)cc(Cl)c1. The van der Waals surface area contributed by atoms with Crippen LogP contribution in [0.2, 0.25) is 5.02 Å². The third-order valence-electron chi connectivity index (χ3n) is 2.19. The van der Waals surface area contributed by atoms with Gasteiger partial charge < -0.3 is 10.6 Å². The number of benzene rings is 1. The highest BCUT2D eigenvalue weighted by molar-refractivity contribution is 6.31. The third kappa shape index (κ3) is 4.21. The number of aryl methyl sites for hydroxylation is 1. The van der Waals surface area contributed by atoms with Gasteiger partial charge in [-0.05, 0) is 50.7 Å². The van der Waals surface area contributed by atoms with Crippen LogP contribution in [0.5, 0.6) is 0 Å². The van der Waals surface area contributed by atoms with Crippen LogP contribution in [0.25, 0.3) is 0 Å². The van der Waals surface area contributed by atoms with Crippen molar-refractivity contribution in [2.75, 3.05) is 20.1 Å². The normalized spacial score (nSPS) is 10.2. The molecule has 1 aromatic carbocycles. The molecule has 0 fully saturated rings. The number of rotatable bonds is 5. The molecule has 0 aliphatic heterocycles. The van der Waals surface area contributed by atoms with Crippen LogP contribution in [0, 0.1) is 6.92 Å². The monoisotopic (exact) mass is 240 g/mol. The van der Waals surface area contributed by atoms with E-state index in [0.717, 1.165) is 18.5 Å². The third-order valence-corrected chi connectivity index (χ3v) is 2.41. The molecule has 0 spiro atoms. The fourth-order valence-corrected chi connectivity index (χ4v) is 1.73. The molecule has 88 valence electrons. The summed E-state index contributed by atoms with van der Waals surface area (Å²) in [4.78, 5) is 11.7. The molecule has 0 aliphatic rings. The van der Waals surface area contributed by atoms with Crippen LogP contribution in [0.3, 0.4) is 0 Å². The molecule has 0 radical (unpaired) electrons. The van der Waals surface area contributed by atoms with Crippen molar-refractivity contribution in [3.63, 3.8) is 0 Å². The highest BCUT2D eigenvalue weighted by Gasteiger charge is 2.05. The Labute approximate surface area is 101 Å². The van der Waals surface area contributed by atoms with Crippen molar-refractivity contribution in [3.8, 4) is 0 Å². The zero-order valence-electron chi connectivity index (χ0n) is 9.64. The first-order valence-electron chi connectivity index (χ1n) is 5.33. The van der Waals surface area contributed by atoms with Gasteiger partial charge in [0.25, 0.3) is 5.91 Å². The van der Waals surface area contributed by atoms with E-state index in [9.17, 15) is 4.79 Å². The van der Waals surface area contributed by atoms with Crippen molar-refractivity contribution >= 4 is 17.5 Å². The van der Waals surface area contributed by atoms with E-state index in [-0.39, 0.29) is 5.91 Å². The van der Waals surface area contributed by atoms with Crippen LogP contribution in [-0.2, 0) is 0 Å². The van der Waals surface area contributed by atoms with E-state index in [0.29, 0.717) is 17.1 Å². The van der Waals surface area contributed by atoms with Crippen LogP contribution in [-0.4, -0.2) is 26.0 Å². The molecule has 0 saturated carbocycles. The number of carbonyl (C=O) groups is 1. The Hall–Kier alpha value is -1.06. The lowest BCUT2D eigenvalue weighted by molar-refractivity contribution is 0.0953. The first-order valence-corrected chi connectivity index (χ1v) is 5.71. The van der Waals surface area contributed by atoms with E-state index < -0.39 is 0 Å². The van der Waals surface area contributed by atoms with Crippen molar-refractivity contribution in [2.45, 2.75) is 13.3 Å². The molecular weight excluding hydrogens is 224 g/mol. The minimum Gasteiger partial charge on any atom is -0.352 e. The smallest absolute Gasteiger partial charge is 0.251 e. The molecule has 0 unspecified atom stereocenters. The number of hydrogen-bond acceptors (Lipinski definition) is 2. The fraction of sp³-hybridized carbons (Fsp3) is 0.417. The van der Waals surface area contributed by atoms with Gasteiger partial charge in [-0.2, -0.15) is 0 Å². The molecule has 4 heteroatoms. The Morgan fingerprint density at radius 2 is 2.06 bits per heavy atom. The Kier molecular flexibility index (Phi) is 5.29. The van der Waals surface area contributed by atoms with E-state index in [1.165, 1.54) is 0 Å². The summed E-state index contributed by atoms with van der Waals surface area (Å²) in [5.41, 5.74) is 1.61. The topological polar surface area (TPSA) is 41.1 Å². The number of halogens is 1. The average Bonchev–Trinajstić information content (AvgIpc) is 2.22. The minimum absolute atomic E-state index is 0.0679. The van der Waals surface area contributed by atoms with Gasteiger partial charge in [0.05, 0.1) is 0 Å². The molecule has 1 rings (SSSR count). The van der Waals surface area contributed by atoms with E-state index in [1.54, 1.807) is 6.07 Å². The summed E-state index contributed by atoms with van der Waals surface area (Å²) in [6.45, 7) is 3.49. The Balaban J connectivity index is 2.52. The molecule has 0 aliphatic carbocycles. The summed E-state index contributed by atoms with van der Waals surface area (Å²) in [5, 5.41) is 6.48. The van der Waals surface area contributed by atoms with E-state index in [2.05, 4.69) is 10.6 Å². The lowest BCUT2D eigenvalue weighted by Crippen LogP contribution is -2.26. The number of amides is 1. The Morgan fingerprint density at radius 3 is 2.69 bits per heavy atom. The molecule has 2 N–H and O–H groups in total. The second kappa shape index (κ2) is 6.51. The van der Waals surface area contributed by atoms with Crippen molar-refractivity contribution in [2.24, 2.45) is 0 Å². The summed E-state index contributed by atoms with van der Waals surface area (Å²) in [7, 11) is 1.89. The highest BCUT2D eigenvalue weighted by atomic mass is 35.5. The van der Waals surface area contributed by atoms with Gasteiger partial charge in [0.2, 0.25) is 0 Å². The lowest BCUT2D eigenvalue weighted by Gasteiger charge is -2.06. The van der Waals surface area contributed by atoms with Gasteiger partial charge in [-0.15, -0.1) is 0 Å². The first-order chi connectivity index (χ1) is 7.63. The fourth-order valence-electron chi connectivity index (χ4n) is 1.44. The highest BCUT2D eigenvalue weighted by Crippen LogP contribution is 2.14. The van der Waals surface area contributed by atoms with E-state index in [1.807, 2.05) is 26.1 Å². The quantitative estimate of drug-likeness (QED) is 0.773. The van der Waals surface area contributed by atoms with Crippen molar-refractivity contribution in [3.05, 3.63) is 34.3 Å². The number of hydrogen-bond donors (Lipinski definition) is 2. The standard InChI is InChI=1S/C12H17ClN2O/c1-9-6-10(8-11(13)7-9)12(16)15-5-3-4-14-2/h6-8,14H,3-5H2,1-2H3,(H,15,16). The second-order valence-electron chi connectivity index (χ2n) is 3.73. The van der Waals surface area contributed by atoms with Crippen LogP contribution in [0.4, 0.5) is 0 Å². The predicted octanol–water partition coefficient (Wildman–Crippen LogP) is 1.99. The maximum absolute atomic E-state index is 11.7. The molecule has 0 heterocycles. The Morgan fingerprint density at radius 1 is 1.31 bits per heavy atom. The van der Waals surface area contributed by atoms with E-state index in [4.69, 9.17) is 11.6 Å². The Bertz CT molecular complexity index is 346. The van der Waals surface area contributed by atoms with Crippen molar-refractivity contribution in [1.29, 1.82) is 0 Å². The van der Waals surface area contributed by atoms with Crippen LogP contribution < -0.4 is 10.6 Å². The molecule has 0 atom stereocenters. The van der Waals surface area contributed by atoms with Gasteiger partial charge in [-0.1, -0.05) is 11.6 Å². The molecule has 3 nitrogen and oxygen atoms in total. The van der Waals surface area contributed by atoms with Gasteiger partial charge in [-0.3, -0.25) is 4.79 Å². The predicted molar refractivity (Wildman–Crippen MR) is 67.1 cm³/mol. The molecule has 0 aromatic heterocycles. The molecule has 0 saturated heterocycles. The van der Waals surface area contributed by atoms with E-state index >= 15 is 0 Å². The average molecular weight is 241 g/mol. The largest absolute Gasteiger partial charge is 0.352 e. The van der Waals surface area contributed by atoms with Gasteiger partial charge in [0.15, 0.2) is 0 Å². The lowest BCUT2D eigenvalue weighted by atomic mass is 10.1. The summed E-state index contributed by atoms with van der Waals surface area (Å²) in [5.74, 6) is -0.0679. The summed E-state index contributed by atoms with van der Waals surface area (Å²) in [6.07, 6.45) is 0.918. The summed E-state index contributed by atoms with van der Waals surface area (Å²) in [6, 6.07) is 5.35. The first kappa shape index (κ1) is 13.0. The zero-order chi connectivity index (χ0) is 12.0. The summed E-state index contributed by atoms with van der Waals surface area (Å²) < 4.78 is 0. The molecule has 1 amide bonds. The maximum Gasteiger partial charge on any atom is 0.251 e. The van der Waals surface area contributed by atoms with Crippen molar-refractivity contribution < 1.29 is 4.79 Å². The molecule has 0 bridgehead atoms. The second-order valence-corrected chi connectivity index (χ2v) is 4.17.